The summed E-state index contributed by atoms with van der Waals surface area (Å²) in [6.07, 6.45) is 0.763. The van der Waals surface area contributed by atoms with Crippen molar-refractivity contribution in [3.63, 3.8) is 0 Å². The molecule has 0 aromatic heterocycles. The summed E-state index contributed by atoms with van der Waals surface area (Å²) in [6, 6.07) is 11.4. The zero-order chi connectivity index (χ0) is 18.8. The number of methoxy groups -OCH3 is 1. The molecule has 2 rings (SSSR count). The van der Waals surface area contributed by atoms with Gasteiger partial charge in [0.15, 0.2) is 5.96 Å². The molecule has 0 atom stereocenters. The molecular formula is C20H26F2IN3O. The van der Waals surface area contributed by atoms with E-state index in [0.717, 1.165) is 24.1 Å². The van der Waals surface area contributed by atoms with Crippen molar-refractivity contribution in [3.8, 4) is 0 Å². The van der Waals surface area contributed by atoms with Crippen LogP contribution in [0.3, 0.4) is 0 Å². The lowest BCUT2D eigenvalue weighted by atomic mass is 10.1. The fraction of sp³-hybridized carbons (Fsp3) is 0.350. The maximum atomic E-state index is 13.7. The van der Waals surface area contributed by atoms with Gasteiger partial charge in [0.2, 0.25) is 0 Å². The van der Waals surface area contributed by atoms with E-state index >= 15 is 0 Å². The van der Waals surface area contributed by atoms with Gasteiger partial charge in [0, 0.05) is 25.8 Å². The number of aliphatic imine (C=N–C) groups is 1. The number of halogens is 3. The molecule has 0 fully saturated rings. The van der Waals surface area contributed by atoms with E-state index in [1.807, 2.05) is 6.92 Å². The Bertz CT molecular complexity index is 724. The molecule has 0 spiro atoms. The van der Waals surface area contributed by atoms with Crippen LogP contribution in [0.25, 0.3) is 0 Å². The average molecular weight is 489 g/mol. The number of nitrogens with one attached hydrogen (secondary N) is 2. The number of rotatable bonds is 8. The number of benzene rings is 2. The van der Waals surface area contributed by atoms with Crippen LogP contribution in [0.4, 0.5) is 8.78 Å². The average Bonchev–Trinajstić information content (AvgIpc) is 2.64. The van der Waals surface area contributed by atoms with Crippen LogP contribution in [0.2, 0.25) is 0 Å². The van der Waals surface area contributed by atoms with Crippen LogP contribution in [0.5, 0.6) is 0 Å². The maximum Gasteiger partial charge on any atom is 0.191 e. The molecule has 0 amide bonds. The van der Waals surface area contributed by atoms with E-state index in [-0.39, 0.29) is 42.2 Å². The van der Waals surface area contributed by atoms with E-state index in [1.54, 1.807) is 31.4 Å². The Morgan fingerprint density at radius 2 is 1.74 bits per heavy atom. The van der Waals surface area contributed by atoms with E-state index in [2.05, 4.69) is 15.6 Å². The van der Waals surface area contributed by atoms with Gasteiger partial charge in [-0.15, -0.1) is 24.0 Å². The fourth-order valence-electron chi connectivity index (χ4n) is 2.48. The van der Waals surface area contributed by atoms with Crippen LogP contribution in [-0.2, 0) is 24.3 Å². The second-order valence-corrected chi connectivity index (χ2v) is 5.86. The van der Waals surface area contributed by atoms with Crippen LogP contribution in [0, 0.1) is 11.6 Å². The van der Waals surface area contributed by atoms with Gasteiger partial charge in [-0.05, 0) is 48.7 Å². The summed E-state index contributed by atoms with van der Waals surface area (Å²) in [5.41, 5.74) is 2.49. The summed E-state index contributed by atoms with van der Waals surface area (Å²) in [6.45, 7) is 4.07. The van der Waals surface area contributed by atoms with E-state index in [9.17, 15) is 8.78 Å². The second-order valence-electron chi connectivity index (χ2n) is 5.86. The first-order chi connectivity index (χ1) is 12.6. The Hall–Kier alpha value is -1.74. The Labute approximate surface area is 176 Å². The van der Waals surface area contributed by atoms with Crippen molar-refractivity contribution in [2.45, 2.75) is 26.5 Å². The third kappa shape index (κ3) is 8.21. The number of guanidine groups is 1. The van der Waals surface area contributed by atoms with Crippen molar-refractivity contribution in [2.24, 2.45) is 4.99 Å². The predicted octanol–water partition coefficient (Wildman–Crippen LogP) is 4.03. The van der Waals surface area contributed by atoms with E-state index in [0.29, 0.717) is 24.6 Å². The molecule has 7 heteroatoms. The number of hydrogen-bond donors (Lipinski definition) is 2. The normalized spacial score (nSPS) is 11.0. The van der Waals surface area contributed by atoms with Gasteiger partial charge in [-0.3, -0.25) is 0 Å². The molecule has 0 aliphatic heterocycles. The fourth-order valence-corrected chi connectivity index (χ4v) is 2.48. The molecule has 2 N–H and O–H groups in total. The largest absolute Gasteiger partial charge is 0.380 e. The number of nitrogens with zero attached hydrogens (tertiary/aromatic N) is 1. The van der Waals surface area contributed by atoms with Gasteiger partial charge in [0.05, 0.1) is 13.2 Å². The minimum absolute atomic E-state index is 0. The third-order valence-corrected chi connectivity index (χ3v) is 3.79. The Balaban J connectivity index is 0.00000364. The van der Waals surface area contributed by atoms with Gasteiger partial charge >= 0.3 is 0 Å². The molecule has 0 saturated heterocycles. The number of ether oxygens (including phenoxy) is 1. The molecular weight excluding hydrogens is 463 g/mol. The molecule has 0 unspecified atom stereocenters. The summed E-state index contributed by atoms with van der Waals surface area (Å²) < 4.78 is 31.6. The quantitative estimate of drug-likeness (QED) is 0.335. The van der Waals surface area contributed by atoms with Crippen LogP contribution >= 0.6 is 24.0 Å². The van der Waals surface area contributed by atoms with E-state index in [1.165, 1.54) is 18.2 Å². The summed E-state index contributed by atoms with van der Waals surface area (Å²) in [7, 11) is 1.54. The molecule has 148 valence electrons. The number of hydrogen-bond acceptors (Lipinski definition) is 2. The smallest absolute Gasteiger partial charge is 0.191 e. The van der Waals surface area contributed by atoms with Crippen molar-refractivity contribution in [2.75, 3.05) is 20.2 Å². The highest BCUT2D eigenvalue weighted by molar-refractivity contribution is 14.0. The van der Waals surface area contributed by atoms with Gasteiger partial charge in [0.25, 0.3) is 0 Å². The predicted molar refractivity (Wildman–Crippen MR) is 115 cm³/mol. The molecule has 0 radical (unpaired) electrons. The standard InChI is InChI=1S/C20H25F2N3O.HI/c1-3-23-20(24-11-10-15-4-7-18(21)8-5-15)25-13-16-6-9-19(22)17(12-16)14-26-2;/h4-9,12H,3,10-11,13-14H2,1-2H3,(H2,23,24,25);1H. The van der Waals surface area contributed by atoms with Gasteiger partial charge in [-0.2, -0.15) is 0 Å². The summed E-state index contributed by atoms with van der Waals surface area (Å²) in [5.74, 6) is 0.180. The maximum absolute atomic E-state index is 13.7. The van der Waals surface area contributed by atoms with Crippen molar-refractivity contribution >= 4 is 29.9 Å². The molecule has 0 saturated carbocycles. The molecule has 4 nitrogen and oxygen atoms in total. The minimum atomic E-state index is -0.274. The molecule has 0 aliphatic rings. The highest BCUT2D eigenvalue weighted by Gasteiger charge is 2.04. The Morgan fingerprint density at radius 1 is 1.04 bits per heavy atom. The first-order valence-electron chi connectivity index (χ1n) is 8.65. The van der Waals surface area contributed by atoms with E-state index in [4.69, 9.17) is 4.74 Å². The van der Waals surface area contributed by atoms with Gasteiger partial charge in [-0.25, -0.2) is 13.8 Å². The highest BCUT2D eigenvalue weighted by atomic mass is 127. The minimum Gasteiger partial charge on any atom is -0.380 e. The third-order valence-electron chi connectivity index (χ3n) is 3.79. The Kier molecular flexibility index (Phi) is 10.9. The van der Waals surface area contributed by atoms with Crippen molar-refractivity contribution in [1.29, 1.82) is 0 Å². The first-order valence-corrected chi connectivity index (χ1v) is 8.65. The zero-order valence-corrected chi connectivity index (χ0v) is 17.9. The Morgan fingerprint density at radius 3 is 2.41 bits per heavy atom. The molecule has 2 aromatic rings. The van der Waals surface area contributed by atoms with Crippen LogP contribution < -0.4 is 10.6 Å². The first kappa shape index (κ1) is 23.3. The lowest BCUT2D eigenvalue weighted by Gasteiger charge is -2.12. The molecule has 27 heavy (non-hydrogen) atoms. The van der Waals surface area contributed by atoms with Crippen molar-refractivity contribution in [1.82, 2.24) is 10.6 Å². The molecule has 0 aliphatic carbocycles. The van der Waals surface area contributed by atoms with Gasteiger partial charge < -0.3 is 15.4 Å². The summed E-state index contributed by atoms with van der Waals surface area (Å²) >= 11 is 0. The topological polar surface area (TPSA) is 45.7 Å². The summed E-state index contributed by atoms with van der Waals surface area (Å²) in [4.78, 5) is 4.53. The van der Waals surface area contributed by atoms with Gasteiger partial charge in [0.1, 0.15) is 11.6 Å². The van der Waals surface area contributed by atoms with E-state index < -0.39 is 0 Å². The lowest BCUT2D eigenvalue weighted by molar-refractivity contribution is 0.181. The lowest BCUT2D eigenvalue weighted by Crippen LogP contribution is -2.38. The van der Waals surface area contributed by atoms with Crippen molar-refractivity contribution < 1.29 is 13.5 Å². The summed E-state index contributed by atoms with van der Waals surface area (Å²) in [5, 5.41) is 6.43. The molecule has 2 aromatic carbocycles. The second kappa shape index (κ2) is 12.6. The van der Waals surface area contributed by atoms with Crippen molar-refractivity contribution in [3.05, 3.63) is 70.8 Å². The molecule has 0 bridgehead atoms. The highest BCUT2D eigenvalue weighted by Crippen LogP contribution is 2.12. The van der Waals surface area contributed by atoms with Crippen LogP contribution in [-0.4, -0.2) is 26.2 Å². The zero-order valence-electron chi connectivity index (χ0n) is 15.6. The monoisotopic (exact) mass is 489 g/mol. The van der Waals surface area contributed by atoms with Crippen LogP contribution in [0.1, 0.15) is 23.6 Å². The molecule has 0 heterocycles. The van der Waals surface area contributed by atoms with Crippen LogP contribution in [0.15, 0.2) is 47.5 Å². The van der Waals surface area contributed by atoms with Gasteiger partial charge in [-0.1, -0.05) is 18.2 Å². The SMILES string of the molecule is CCNC(=NCc1ccc(F)c(COC)c1)NCCc1ccc(F)cc1.I.